The SMILES string of the molecule is CCC(Oc1ccc(C(=O)OC)cc1Cl)OC(C)(C)C. The molecule has 0 radical (unpaired) electrons. The van der Waals surface area contributed by atoms with E-state index in [1.807, 2.05) is 27.7 Å². The van der Waals surface area contributed by atoms with Gasteiger partial charge < -0.3 is 14.2 Å². The van der Waals surface area contributed by atoms with E-state index in [-0.39, 0.29) is 5.60 Å². The van der Waals surface area contributed by atoms with Crippen LogP contribution in [0.25, 0.3) is 0 Å². The first-order valence-electron chi connectivity index (χ1n) is 6.49. The van der Waals surface area contributed by atoms with Crippen molar-refractivity contribution < 1.29 is 19.0 Å². The van der Waals surface area contributed by atoms with E-state index in [2.05, 4.69) is 4.74 Å². The minimum Gasteiger partial charge on any atom is -0.465 e. The van der Waals surface area contributed by atoms with Gasteiger partial charge in [0, 0.05) is 6.42 Å². The maximum Gasteiger partial charge on any atom is 0.337 e. The zero-order valence-electron chi connectivity index (χ0n) is 12.5. The van der Waals surface area contributed by atoms with Crippen molar-refractivity contribution in [2.45, 2.75) is 46.0 Å². The van der Waals surface area contributed by atoms with Gasteiger partial charge in [-0.15, -0.1) is 0 Å². The van der Waals surface area contributed by atoms with Crippen LogP contribution in [0, 0.1) is 0 Å². The topological polar surface area (TPSA) is 44.8 Å². The highest BCUT2D eigenvalue weighted by Gasteiger charge is 2.20. The lowest BCUT2D eigenvalue weighted by atomic mass is 10.2. The Labute approximate surface area is 125 Å². The molecule has 0 aliphatic heterocycles. The Bertz CT molecular complexity index is 465. The average Bonchev–Trinajstić information content (AvgIpc) is 2.37. The largest absolute Gasteiger partial charge is 0.465 e. The summed E-state index contributed by atoms with van der Waals surface area (Å²) in [5, 5.41) is 0.351. The lowest BCUT2D eigenvalue weighted by Crippen LogP contribution is -2.31. The monoisotopic (exact) mass is 300 g/mol. The molecule has 1 atom stereocenters. The molecule has 1 unspecified atom stereocenters. The summed E-state index contributed by atoms with van der Waals surface area (Å²) in [5.74, 6) is 0.0480. The minimum absolute atomic E-state index is 0.306. The highest BCUT2D eigenvalue weighted by atomic mass is 35.5. The van der Waals surface area contributed by atoms with Crippen LogP contribution in [-0.4, -0.2) is 25.0 Å². The minimum atomic E-state index is -0.434. The van der Waals surface area contributed by atoms with E-state index in [0.29, 0.717) is 22.8 Å². The first-order chi connectivity index (χ1) is 9.26. The van der Waals surface area contributed by atoms with Gasteiger partial charge in [0.05, 0.1) is 23.3 Å². The average molecular weight is 301 g/mol. The molecule has 0 aliphatic rings. The third-order valence-electron chi connectivity index (χ3n) is 2.43. The Morgan fingerprint density at radius 3 is 2.45 bits per heavy atom. The van der Waals surface area contributed by atoms with E-state index in [9.17, 15) is 4.79 Å². The number of hydrogen-bond acceptors (Lipinski definition) is 4. The summed E-state index contributed by atoms with van der Waals surface area (Å²) in [6.07, 6.45) is 0.295. The van der Waals surface area contributed by atoms with E-state index in [1.54, 1.807) is 12.1 Å². The fourth-order valence-electron chi connectivity index (χ4n) is 1.57. The van der Waals surface area contributed by atoms with E-state index in [4.69, 9.17) is 21.1 Å². The van der Waals surface area contributed by atoms with Crippen molar-refractivity contribution in [2.24, 2.45) is 0 Å². The molecule has 0 spiro atoms. The van der Waals surface area contributed by atoms with Gasteiger partial charge in [-0.25, -0.2) is 4.79 Å². The Kier molecular flexibility index (Phi) is 5.84. The number of methoxy groups -OCH3 is 1. The van der Waals surface area contributed by atoms with Crippen LogP contribution in [0.5, 0.6) is 5.75 Å². The normalized spacial score (nSPS) is 12.9. The van der Waals surface area contributed by atoms with Crippen LogP contribution in [0.1, 0.15) is 44.5 Å². The standard InChI is InChI=1S/C15H21ClO4/c1-6-13(20-15(2,3)4)19-12-8-7-10(9-11(12)16)14(17)18-5/h7-9,13H,6H2,1-5H3. The van der Waals surface area contributed by atoms with Gasteiger partial charge in [0.1, 0.15) is 5.75 Å². The van der Waals surface area contributed by atoms with Gasteiger partial charge in [0.15, 0.2) is 6.29 Å². The molecule has 0 bridgehead atoms. The fraction of sp³-hybridized carbons (Fsp3) is 0.533. The van der Waals surface area contributed by atoms with Gasteiger partial charge in [-0.05, 0) is 39.0 Å². The number of rotatable bonds is 5. The third kappa shape index (κ3) is 5.02. The summed E-state index contributed by atoms with van der Waals surface area (Å²) < 4.78 is 16.1. The van der Waals surface area contributed by atoms with E-state index in [0.717, 1.165) is 0 Å². The van der Waals surface area contributed by atoms with Gasteiger partial charge in [-0.3, -0.25) is 0 Å². The number of halogens is 1. The Morgan fingerprint density at radius 1 is 1.35 bits per heavy atom. The summed E-state index contributed by atoms with van der Waals surface area (Å²) >= 11 is 6.11. The van der Waals surface area contributed by atoms with Crippen LogP contribution in [-0.2, 0) is 9.47 Å². The molecule has 1 rings (SSSR count). The maximum absolute atomic E-state index is 11.4. The maximum atomic E-state index is 11.4. The zero-order valence-corrected chi connectivity index (χ0v) is 13.3. The molecule has 112 valence electrons. The lowest BCUT2D eigenvalue weighted by Gasteiger charge is -2.27. The predicted octanol–water partition coefficient (Wildman–Crippen LogP) is 4.06. The summed E-state index contributed by atoms with van der Waals surface area (Å²) in [6, 6.07) is 4.77. The molecule has 0 aromatic heterocycles. The highest BCUT2D eigenvalue weighted by molar-refractivity contribution is 6.32. The molecule has 0 heterocycles. The number of carbonyl (C=O) groups excluding carboxylic acids is 1. The molecule has 20 heavy (non-hydrogen) atoms. The highest BCUT2D eigenvalue weighted by Crippen LogP contribution is 2.28. The molecular formula is C15H21ClO4. The summed E-state index contributed by atoms with van der Waals surface area (Å²) in [5.41, 5.74) is 0.0775. The van der Waals surface area contributed by atoms with Crippen LogP contribution in [0.4, 0.5) is 0 Å². The van der Waals surface area contributed by atoms with Gasteiger partial charge in [-0.1, -0.05) is 18.5 Å². The smallest absolute Gasteiger partial charge is 0.337 e. The van der Waals surface area contributed by atoms with Crippen molar-refractivity contribution in [2.75, 3.05) is 7.11 Å². The number of carbonyl (C=O) groups is 1. The van der Waals surface area contributed by atoms with Crippen molar-refractivity contribution in [3.63, 3.8) is 0 Å². The first-order valence-corrected chi connectivity index (χ1v) is 6.87. The Hall–Kier alpha value is -1.26. The van der Waals surface area contributed by atoms with Crippen molar-refractivity contribution in [3.05, 3.63) is 28.8 Å². The second-order valence-corrected chi connectivity index (χ2v) is 5.73. The molecule has 1 aromatic rings. The summed E-state index contributed by atoms with van der Waals surface area (Å²) in [4.78, 5) is 11.4. The van der Waals surface area contributed by atoms with Crippen molar-refractivity contribution >= 4 is 17.6 Å². The molecular weight excluding hydrogens is 280 g/mol. The Morgan fingerprint density at radius 2 is 2.00 bits per heavy atom. The molecule has 4 nitrogen and oxygen atoms in total. The number of hydrogen-bond donors (Lipinski definition) is 0. The van der Waals surface area contributed by atoms with Gasteiger partial charge in [0.25, 0.3) is 0 Å². The molecule has 0 N–H and O–H groups in total. The second-order valence-electron chi connectivity index (χ2n) is 5.32. The first kappa shape index (κ1) is 16.8. The third-order valence-corrected chi connectivity index (χ3v) is 2.73. The van der Waals surface area contributed by atoms with Gasteiger partial charge in [0.2, 0.25) is 0 Å². The van der Waals surface area contributed by atoms with Gasteiger partial charge in [-0.2, -0.15) is 0 Å². The Balaban J connectivity index is 2.84. The number of ether oxygens (including phenoxy) is 3. The van der Waals surface area contributed by atoms with Crippen molar-refractivity contribution in [3.8, 4) is 5.75 Å². The zero-order chi connectivity index (χ0) is 15.3. The van der Waals surface area contributed by atoms with Gasteiger partial charge >= 0.3 is 5.97 Å². The second kappa shape index (κ2) is 6.95. The van der Waals surface area contributed by atoms with Crippen LogP contribution >= 0.6 is 11.6 Å². The van der Waals surface area contributed by atoms with E-state index >= 15 is 0 Å². The number of esters is 1. The predicted molar refractivity (Wildman–Crippen MR) is 78.3 cm³/mol. The van der Waals surface area contributed by atoms with Crippen LogP contribution in [0.2, 0.25) is 5.02 Å². The molecule has 0 fully saturated rings. The molecule has 0 saturated carbocycles. The van der Waals surface area contributed by atoms with Crippen molar-refractivity contribution in [1.82, 2.24) is 0 Å². The molecule has 0 amide bonds. The van der Waals surface area contributed by atoms with E-state index < -0.39 is 12.3 Å². The van der Waals surface area contributed by atoms with E-state index in [1.165, 1.54) is 13.2 Å². The molecule has 0 saturated heterocycles. The molecule has 0 aliphatic carbocycles. The summed E-state index contributed by atoms with van der Waals surface area (Å²) in [6.45, 7) is 7.84. The summed E-state index contributed by atoms with van der Waals surface area (Å²) in [7, 11) is 1.32. The van der Waals surface area contributed by atoms with Crippen molar-refractivity contribution in [1.29, 1.82) is 0 Å². The quantitative estimate of drug-likeness (QED) is 0.608. The lowest BCUT2D eigenvalue weighted by molar-refractivity contribution is -0.151. The molecule has 1 aromatic carbocycles. The number of benzene rings is 1. The fourth-order valence-corrected chi connectivity index (χ4v) is 1.79. The molecule has 5 heteroatoms. The van der Waals surface area contributed by atoms with Crippen LogP contribution in [0.3, 0.4) is 0 Å². The van der Waals surface area contributed by atoms with Crippen LogP contribution < -0.4 is 4.74 Å². The van der Waals surface area contributed by atoms with Crippen LogP contribution in [0.15, 0.2) is 18.2 Å².